The highest BCUT2D eigenvalue weighted by molar-refractivity contribution is 6.42. The molecule has 0 saturated carbocycles. The largest absolute Gasteiger partial charge is 0.427 e. The maximum Gasteiger partial charge on any atom is 0.427 e. The molecule has 1 N–H and O–H groups in total. The average molecular weight is 377 g/mol. The van der Waals surface area contributed by atoms with E-state index < -0.39 is 18.4 Å². The van der Waals surface area contributed by atoms with E-state index in [0.717, 1.165) is 0 Å². The van der Waals surface area contributed by atoms with Gasteiger partial charge in [0.25, 0.3) is 0 Å². The van der Waals surface area contributed by atoms with Crippen LogP contribution in [0.1, 0.15) is 0 Å². The Morgan fingerprint density at radius 2 is 1.75 bits per heavy atom. The predicted molar refractivity (Wildman–Crippen MR) is 84.9 cm³/mol. The number of anilines is 2. The minimum Gasteiger partial charge on any atom is -0.410 e. The predicted octanol–water partition coefficient (Wildman–Crippen LogP) is 5.31. The number of nitrogens with one attached hydrogen (secondary N) is 1. The van der Waals surface area contributed by atoms with Crippen LogP contribution in [0.4, 0.5) is 29.3 Å². The van der Waals surface area contributed by atoms with E-state index in [0.29, 0.717) is 4.90 Å². The fourth-order valence-corrected chi connectivity index (χ4v) is 2.59. The second kappa shape index (κ2) is 6.07. The third-order valence-electron chi connectivity index (χ3n) is 3.30. The number of para-hydroxylation sites is 1. The van der Waals surface area contributed by atoms with Gasteiger partial charge in [0.1, 0.15) is 5.75 Å². The molecule has 1 aliphatic rings. The second-order valence-electron chi connectivity index (χ2n) is 4.92. The molecule has 0 fully saturated rings. The highest BCUT2D eigenvalue weighted by Gasteiger charge is 2.51. The van der Waals surface area contributed by atoms with E-state index >= 15 is 0 Å². The van der Waals surface area contributed by atoms with Crippen LogP contribution in [-0.4, -0.2) is 18.4 Å². The van der Waals surface area contributed by atoms with Crippen LogP contribution in [0.5, 0.6) is 5.75 Å². The van der Waals surface area contributed by atoms with Gasteiger partial charge in [-0.25, -0.2) is 9.69 Å². The van der Waals surface area contributed by atoms with Crippen molar-refractivity contribution in [2.24, 2.45) is 0 Å². The molecular weight excluding hydrogens is 368 g/mol. The minimum absolute atomic E-state index is 0.0255. The number of rotatable bonds is 1. The first-order valence-corrected chi connectivity index (χ1v) is 7.41. The fraction of sp³-hybridized carbons (Fsp3) is 0.133. The summed E-state index contributed by atoms with van der Waals surface area (Å²) in [7, 11) is 0. The number of amides is 1. The zero-order valence-corrected chi connectivity index (χ0v) is 13.3. The monoisotopic (exact) mass is 376 g/mol. The molecule has 0 spiro atoms. The number of ether oxygens (including phenoxy) is 1. The summed E-state index contributed by atoms with van der Waals surface area (Å²) in [5.41, 5.74) is -0.0237. The molecule has 1 heterocycles. The molecule has 3 rings (SSSR count). The zero-order valence-electron chi connectivity index (χ0n) is 11.8. The standard InChI is InChI=1S/C15H9Cl2F3N2O2/c16-9-6-11-12(7-10(9)17)22(13(21-11)15(18,19)20)14(23)24-8-4-2-1-3-5-8/h1-7,13,21H. The van der Waals surface area contributed by atoms with Crippen LogP contribution < -0.4 is 15.0 Å². The molecule has 0 saturated heterocycles. The topological polar surface area (TPSA) is 41.6 Å². The summed E-state index contributed by atoms with van der Waals surface area (Å²) < 4.78 is 44.9. The average Bonchev–Trinajstić information content (AvgIpc) is 2.87. The van der Waals surface area contributed by atoms with Gasteiger partial charge in [-0.3, -0.25) is 0 Å². The molecule has 126 valence electrons. The van der Waals surface area contributed by atoms with Gasteiger partial charge in [0.15, 0.2) is 0 Å². The number of alkyl halides is 3. The van der Waals surface area contributed by atoms with Crippen LogP contribution in [0.15, 0.2) is 42.5 Å². The minimum atomic E-state index is -4.73. The van der Waals surface area contributed by atoms with Crippen LogP contribution in [-0.2, 0) is 0 Å². The second-order valence-corrected chi connectivity index (χ2v) is 5.74. The first kappa shape index (κ1) is 16.7. The van der Waals surface area contributed by atoms with Gasteiger partial charge in [0, 0.05) is 0 Å². The maximum atomic E-state index is 13.3. The fourth-order valence-electron chi connectivity index (χ4n) is 2.27. The number of benzene rings is 2. The Hall–Kier alpha value is -2.12. The van der Waals surface area contributed by atoms with Crippen molar-refractivity contribution in [3.8, 4) is 5.75 Å². The molecule has 0 aliphatic carbocycles. The Kier molecular flexibility index (Phi) is 4.23. The molecule has 4 nitrogen and oxygen atoms in total. The number of carbonyl (C=O) groups is 1. The Balaban J connectivity index is 1.99. The molecule has 1 aliphatic heterocycles. The van der Waals surface area contributed by atoms with Crippen LogP contribution in [0, 0.1) is 0 Å². The summed E-state index contributed by atoms with van der Waals surface area (Å²) in [6, 6.07) is 10.2. The molecule has 1 unspecified atom stereocenters. The smallest absolute Gasteiger partial charge is 0.410 e. The highest BCUT2D eigenvalue weighted by atomic mass is 35.5. The Labute approximate surface area is 144 Å². The van der Waals surface area contributed by atoms with Crippen molar-refractivity contribution in [2.45, 2.75) is 12.3 Å². The molecule has 0 aromatic heterocycles. The molecule has 0 bridgehead atoms. The summed E-state index contributed by atoms with van der Waals surface area (Å²) >= 11 is 11.7. The van der Waals surface area contributed by atoms with Crippen LogP contribution in [0.2, 0.25) is 10.0 Å². The highest BCUT2D eigenvalue weighted by Crippen LogP contribution is 2.44. The van der Waals surface area contributed by atoms with Crippen molar-refractivity contribution in [2.75, 3.05) is 10.2 Å². The quantitative estimate of drug-likeness (QED) is 0.732. The Bertz CT molecular complexity index is 784. The lowest BCUT2D eigenvalue weighted by Gasteiger charge is -2.25. The van der Waals surface area contributed by atoms with Crippen molar-refractivity contribution in [3.63, 3.8) is 0 Å². The van der Waals surface area contributed by atoms with Gasteiger partial charge in [0.05, 0.1) is 21.4 Å². The zero-order chi connectivity index (χ0) is 17.5. The van der Waals surface area contributed by atoms with Crippen LogP contribution in [0.3, 0.4) is 0 Å². The van der Waals surface area contributed by atoms with Crippen LogP contribution >= 0.6 is 23.2 Å². The molecule has 2 aromatic rings. The molecule has 0 radical (unpaired) electrons. The number of fused-ring (bicyclic) bond motifs is 1. The number of hydrogen-bond donors (Lipinski definition) is 1. The summed E-state index contributed by atoms with van der Waals surface area (Å²) in [6.45, 7) is 0. The van der Waals surface area contributed by atoms with Crippen molar-refractivity contribution in [1.29, 1.82) is 0 Å². The molecular formula is C15H9Cl2F3N2O2. The lowest BCUT2D eigenvalue weighted by molar-refractivity contribution is -0.140. The van der Waals surface area contributed by atoms with E-state index in [1.54, 1.807) is 18.2 Å². The van der Waals surface area contributed by atoms with Gasteiger partial charge in [-0.05, 0) is 24.3 Å². The normalized spacial score (nSPS) is 16.5. The van der Waals surface area contributed by atoms with E-state index in [-0.39, 0.29) is 27.2 Å². The molecule has 24 heavy (non-hydrogen) atoms. The van der Waals surface area contributed by atoms with Crippen molar-refractivity contribution in [3.05, 3.63) is 52.5 Å². The maximum absolute atomic E-state index is 13.3. The number of nitrogens with zero attached hydrogens (tertiary/aromatic N) is 1. The summed E-state index contributed by atoms with van der Waals surface area (Å²) in [5, 5.41) is 2.31. The van der Waals surface area contributed by atoms with E-state index in [2.05, 4.69) is 5.32 Å². The van der Waals surface area contributed by atoms with E-state index in [9.17, 15) is 18.0 Å². The lowest BCUT2D eigenvalue weighted by Crippen LogP contribution is -2.51. The third kappa shape index (κ3) is 3.09. The van der Waals surface area contributed by atoms with Crippen molar-refractivity contribution < 1.29 is 22.7 Å². The molecule has 1 atom stereocenters. The van der Waals surface area contributed by atoms with Crippen molar-refractivity contribution in [1.82, 2.24) is 0 Å². The number of halogens is 5. The summed E-state index contributed by atoms with van der Waals surface area (Å²) in [6.07, 6.45) is -8.19. The van der Waals surface area contributed by atoms with Gasteiger partial charge >= 0.3 is 12.3 Å². The number of hydrogen-bond acceptors (Lipinski definition) is 3. The van der Waals surface area contributed by atoms with Gasteiger partial charge in [0.2, 0.25) is 6.17 Å². The molecule has 9 heteroatoms. The summed E-state index contributed by atoms with van der Waals surface area (Å²) in [4.78, 5) is 12.8. The molecule has 2 aromatic carbocycles. The van der Waals surface area contributed by atoms with Crippen molar-refractivity contribution >= 4 is 40.7 Å². The first-order chi connectivity index (χ1) is 11.3. The Morgan fingerprint density at radius 1 is 1.12 bits per heavy atom. The molecule has 1 amide bonds. The van der Waals surface area contributed by atoms with Gasteiger partial charge in [-0.15, -0.1) is 0 Å². The van der Waals surface area contributed by atoms with Gasteiger partial charge in [-0.2, -0.15) is 13.2 Å². The van der Waals surface area contributed by atoms with E-state index in [1.807, 2.05) is 0 Å². The number of carbonyl (C=O) groups excluding carboxylic acids is 1. The van der Waals surface area contributed by atoms with Gasteiger partial charge in [-0.1, -0.05) is 41.4 Å². The summed E-state index contributed by atoms with van der Waals surface area (Å²) in [5.74, 6) is 0.122. The van der Waals surface area contributed by atoms with E-state index in [1.165, 1.54) is 24.3 Å². The Morgan fingerprint density at radius 3 is 2.38 bits per heavy atom. The SMILES string of the molecule is O=C(Oc1ccccc1)N1c2cc(Cl)c(Cl)cc2NC1C(F)(F)F. The third-order valence-corrected chi connectivity index (χ3v) is 4.03. The first-order valence-electron chi connectivity index (χ1n) is 6.66. The lowest BCUT2D eigenvalue weighted by atomic mass is 10.2. The van der Waals surface area contributed by atoms with Crippen LogP contribution in [0.25, 0.3) is 0 Å². The van der Waals surface area contributed by atoms with Gasteiger partial charge < -0.3 is 10.1 Å². The van der Waals surface area contributed by atoms with E-state index in [4.69, 9.17) is 27.9 Å².